The maximum absolute atomic E-state index is 11.1. The first-order chi connectivity index (χ1) is 15.3. The first-order valence-electron chi connectivity index (χ1n) is 11.7. The highest BCUT2D eigenvalue weighted by molar-refractivity contribution is 5.34. The molecule has 0 bridgehead atoms. The summed E-state index contributed by atoms with van der Waals surface area (Å²) >= 11 is 0. The lowest BCUT2D eigenvalue weighted by Gasteiger charge is -2.38. The molecular weight excluding hydrogens is 396 g/mol. The Kier molecular flexibility index (Phi) is 6.73. The number of hydrogen-bond acceptors (Lipinski definition) is 3. The molecule has 170 valence electrons. The SMILES string of the molecule is Cc1ccc(OCC2(O)CCN(Cc3cc(C)n(Cc4ccccc4)c3C)CC2)cc1C. The second-order valence-corrected chi connectivity index (χ2v) is 9.50. The summed E-state index contributed by atoms with van der Waals surface area (Å²) in [6.07, 6.45) is 1.47. The highest BCUT2D eigenvalue weighted by atomic mass is 16.5. The summed E-state index contributed by atoms with van der Waals surface area (Å²) in [5, 5.41) is 11.1. The van der Waals surface area contributed by atoms with Gasteiger partial charge < -0.3 is 14.4 Å². The Balaban J connectivity index is 1.32. The van der Waals surface area contributed by atoms with Crippen molar-refractivity contribution in [3.8, 4) is 5.75 Å². The van der Waals surface area contributed by atoms with Crippen LogP contribution in [-0.4, -0.2) is 39.9 Å². The van der Waals surface area contributed by atoms with Crippen molar-refractivity contribution in [2.45, 2.75) is 59.2 Å². The van der Waals surface area contributed by atoms with Crippen LogP contribution in [-0.2, 0) is 13.1 Å². The quantitative estimate of drug-likeness (QED) is 0.559. The first kappa shape index (κ1) is 22.6. The van der Waals surface area contributed by atoms with Crippen LogP contribution in [0.2, 0.25) is 0 Å². The van der Waals surface area contributed by atoms with E-state index in [-0.39, 0.29) is 0 Å². The number of aromatic nitrogens is 1. The van der Waals surface area contributed by atoms with E-state index in [1.54, 1.807) is 0 Å². The van der Waals surface area contributed by atoms with E-state index in [1.807, 2.05) is 6.07 Å². The van der Waals surface area contributed by atoms with E-state index in [4.69, 9.17) is 4.74 Å². The zero-order valence-corrected chi connectivity index (χ0v) is 19.9. The van der Waals surface area contributed by atoms with Gasteiger partial charge in [0.1, 0.15) is 18.0 Å². The fraction of sp³-hybridized carbons (Fsp3) is 0.429. The van der Waals surface area contributed by atoms with Crippen LogP contribution in [0.4, 0.5) is 0 Å². The van der Waals surface area contributed by atoms with Crippen LogP contribution in [0.25, 0.3) is 0 Å². The van der Waals surface area contributed by atoms with Gasteiger partial charge in [-0.25, -0.2) is 0 Å². The monoisotopic (exact) mass is 432 g/mol. The van der Waals surface area contributed by atoms with Gasteiger partial charge in [-0.2, -0.15) is 0 Å². The Labute approximate surface area is 192 Å². The van der Waals surface area contributed by atoms with Crippen LogP contribution in [0.3, 0.4) is 0 Å². The van der Waals surface area contributed by atoms with E-state index in [1.165, 1.54) is 33.6 Å². The van der Waals surface area contributed by atoms with Gasteiger partial charge in [0.05, 0.1) is 0 Å². The van der Waals surface area contributed by atoms with Crippen molar-refractivity contribution >= 4 is 0 Å². The van der Waals surface area contributed by atoms with Gasteiger partial charge in [0.25, 0.3) is 0 Å². The molecule has 1 aliphatic heterocycles. The standard InChI is InChI=1S/C28H36N2O2/c1-21-10-11-27(16-22(21)2)32-20-28(31)12-14-29(15-13-28)19-26-17-23(3)30(24(26)4)18-25-8-6-5-7-9-25/h5-11,16-17,31H,12-15,18-20H2,1-4H3. The van der Waals surface area contributed by atoms with Gasteiger partial charge in [0.2, 0.25) is 0 Å². The zero-order valence-electron chi connectivity index (χ0n) is 19.9. The lowest BCUT2D eigenvalue weighted by molar-refractivity contribution is -0.0537. The number of aryl methyl sites for hydroxylation is 3. The molecule has 0 radical (unpaired) electrons. The molecule has 2 aromatic carbocycles. The number of rotatable bonds is 7. The molecule has 4 rings (SSSR count). The van der Waals surface area contributed by atoms with Gasteiger partial charge in [-0.15, -0.1) is 0 Å². The summed E-state index contributed by atoms with van der Waals surface area (Å²) in [5.41, 5.74) is 7.07. The molecule has 0 spiro atoms. The van der Waals surface area contributed by atoms with E-state index < -0.39 is 5.60 Å². The van der Waals surface area contributed by atoms with E-state index >= 15 is 0 Å². The Morgan fingerprint density at radius 1 is 0.875 bits per heavy atom. The normalized spacial score (nSPS) is 16.3. The third-order valence-corrected chi connectivity index (χ3v) is 7.03. The fourth-order valence-electron chi connectivity index (χ4n) is 4.58. The summed E-state index contributed by atoms with van der Waals surface area (Å²) in [5.74, 6) is 0.842. The Hall–Kier alpha value is -2.56. The van der Waals surface area contributed by atoms with E-state index in [0.29, 0.717) is 6.61 Å². The second kappa shape index (κ2) is 9.51. The van der Waals surface area contributed by atoms with Crippen molar-refractivity contribution in [2.75, 3.05) is 19.7 Å². The van der Waals surface area contributed by atoms with E-state index in [9.17, 15) is 5.11 Å². The van der Waals surface area contributed by atoms with E-state index in [2.05, 4.69) is 85.7 Å². The number of hydrogen-bond donors (Lipinski definition) is 1. The molecule has 0 amide bonds. The summed E-state index contributed by atoms with van der Waals surface area (Å²) in [6.45, 7) is 12.6. The summed E-state index contributed by atoms with van der Waals surface area (Å²) in [6, 6.07) is 19.1. The van der Waals surface area contributed by atoms with Gasteiger partial charge in [0, 0.05) is 37.6 Å². The fourth-order valence-corrected chi connectivity index (χ4v) is 4.58. The maximum atomic E-state index is 11.1. The van der Waals surface area contributed by atoms with Gasteiger partial charge >= 0.3 is 0 Å². The summed E-state index contributed by atoms with van der Waals surface area (Å²) in [4.78, 5) is 2.46. The topological polar surface area (TPSA) is 37.6 Å². The van der Waals surface area contributed by atoms with Gasteiger partial charge in [0.15, 0.2) is 0 Å². The smallest absolute Gasteiger partial charge is 0.119 e. The molecule has 1 saturated heterocycles. The largest absolute Gasteiger partial charge is 0.491 e. The second-order valence-electron chi connectivity index (χ2n) is 9.50. The molecular formula is C28H36N2O2. The van der Waals surface area contributed by atoms with Gasteiger partial charge in [-0.1, -0.05) is 36.4 Å². The number of piperidine rings is 1. The third-order valence-electron chi connectivity index (χ3n) is 7.03. The van der Waals surface area contributed by atoms with Crippen LogP contribution in [0.1, 0.15) is 46.5 Å². The summed E-state index contributed by atoms with van der Waals surface area (Å²) in [7, 11) is 0. The average Bonchev–Trinajstić information content (AvgIpc) is 3.04. The lowest BCUT2D eigenvalue weighted by atomic mass is 9.92. The number of ether oxygens (including phenoxy) is 1. The average molecular weight is 433 g/mol. The number of aliphatic hydroxyl groups is 1. The Morgan fingerprint density at radius 2 is 1.59 bits per heavy atom. The minimum atomic E-state index is -0.751. The predicted molar refractivity (Wildman–Crippen MR) is 130 cm³/mol. The van der Waals surface area contributed by atoms with Crippen molar-refractivity contribution in [1.82, 2.24) is 9.47 Å². The molecule has 4 nitrogen and oxygen atoms in total. The van der Waals surface area contributed by atoms with Gasteiger partial charge in [-0.05, 0) is 81.0 Å². The first-order valence-corrected chi connectivity index (χ1v) is 11.7. The zero-order chi connectivity index (χ0) is 22.7. The third kappa shape index (κ3) is 5.25. The lowest BCUT2D eigenvalue weighted by Crippen LogP contribution is -2.47. The molecule has 1 aliphatic rings. The minimum Gasteiger partial charge on any atom is -0.491 e. The molecule has 3 aromatic rings. The number of nitrogens with zero attached hydrogens (tertiary/aromatic N) is 2. The molecule has 2 heterocycles. The van der Waals surface area contributed by atoms with Crippen molar-refractivity contribution in [3.63, 3.8) is 0 Å². The molecule has 0 saturated carbocycles. The van der Waals surface area contributed by atoms with Crippen molar-refractivity contribution < 1.29 is 9.84 Å². The van der Waals surface area contributed by atoms with Crippen LogP contribution in [0, 0.1) is 27.7 Å². The van der Waals surface area contributed by atoms with Crippen LogP contribution >= 0.6 is 0 Å². The molecule has 0 atom stereocenters. The minimum absolute atomic E-state index is 0.356. The molecule has 0 aliphatic carbocycles. The summed E-state index contributed by atoms with van der Waals surface area (Å²) < 4.78 is 8.37. The van der Waals surface area contributed by atoms with Crippen LogP contribution in [0.15, 0.2) is 54.6 Å². The predicted octanol–water partition coefficient (Wildman–Crippen LogP) is 5.18. The Morgan fingerprint density at radius 3 is 2.28 bits per heavy atom. The maximum Gasteiger partial charge on any atom is 0.119 e. The van der Waals surface area contributed by atoms with Crippen molar-refractivity contribution in [1.29, 1.82) is 0 Å². The van der Waals surface area contributed by atoms with Crippen molar-refractivity contribution in [3.05, 3.63) is 88.2 Å². The van der Waals surface area contributed by atoms with Crippen LogP contribution in [0.5, 0.6) is 5.75 Å². The van der Waals surface area contributed by atoms with Gasteiger partial charge in [-0.3, -0.25) is 4.90 Å². The molecule has 1 aromatic heterocycles. The molecule has 4 heteroatoms. The molecule has 1 fully saturated rings. The Bertz CT molecular complexity index is 1050. The van der Waals surface area contributed by atoms with E-state index in [0.717, 1.165) is 44.8 Å². The number of likely N-dealkylation sites (tertiary alicyclic amines) is 1. The highest BCUT2D eigenvalue weighted by Gasteiger charge is 2.33. The molecule has 32 heavy (non-hydrogen) atoms. The van der Waals surface area contributed by atoms with Crippen LogP contribution < -0.4 is 4.74 Å². The highest BCUT2D eigenvalue weighted by Crippen LogP contribution is 2.27. The molecule has 0 unspecified atom stereocenters. The van der Waals surface area contributed by atoms with Crippen molar-refractivity contribution in [2.24, 2.45) is 0 Å². The molecule has 1 N–H and O–H groups in total. The number of benzene rings is 2.